The van der Waals surface area contributed by atoms with Gasteiger partial charge in [-0.05, 0) is 74.2 Å². The van der Waals surface area contributed by atoms with E-state index in [1.165, 1.54) is 18.5 Å². The highest BCUT2D eigenvalue weighted by molar-refractivity contribution is 6.07. The fraction of sp³-hybridized carbons (Fsp3) is 0.333. The Balaban J connectivity index is 1.49. The van der Waals surface area contributed by atoms with Gasteiger partial charge in [0.05, 0.1) is 6.04 Å². The number of carbonyl (C=O) groups excluding carboxylic acids is 2. The van der Waals surface area contributed by atoms with Crippen LogP contribution >= 0.6 is 0 Å². The summed E-state index contributed by atoms with van der Waals surface area (Å²) in [6, 6.07) is 25.8. The van der Waals surface area contributed by atoms with E-state index in [0.717, 1.165) is 30.0 Å². The molecule has 0 bridgehead atoms. The average molecular weight is 468 g/mol. The summed E-state index contributed by atoms with van der Waals surface area (Å²) in [6.45, 7) is 6.15. The predicted octanol–water partition coefficient (Wildman–Crippen LogP) is 6.21. The maximum Gasteiger partial charge on any atom is 0.258 e. The molecular weight excluding hydrogens is 434 g/mol. The van der Waals surface area contributed by atoms with Crippen molar-refractivity contribution in [2.45, 2.75) is 51.6 Å². The zero-order chi connectivity index (χ0) is 24.4. The van der Waals surface area contributed by atoms with Gasteiger partial charge in [0.25, 0.3) is 5.91 Å². The van der Waals surface area contributed by atoms with Gasteiger partial charge < -0.3 is 14.7 Å². The lowest BCUT2D eigenvalue weighted by Crippen LogP contribution is -2.47. The quantitative estimate of drug-likeness (QED) is 0.448. The van der Waals surface area contributed by atoms with Crippen LogP contribution in [0.1, 0.15) is 61.5 Å². The second-order valence-electron chi connectivity index (χ2n) is 9.53. The molecule has 35 heavy (non-hydrogen) atoms. The molecule has 5 heteroatoms. The zero-order valence-corrected chi connectivity index (χ0v) is 20.6. The Hall–Kier alpha value is -3.60. The lowest BCUT2D eigenvalue weighted by atomic mass is 9.89. The molecule has 0 aliphatic carbocycles. The van der Waals surface area contributed by atoms with E-state index < -0.39 is 0 Å². The average Bonchev–Trinajstić information content (AvgIpc) is 3.44. The minimum Gasteiger partial charge on any atom is -0.372 e. The van der Waals surface area contributed by atoms with Crippen LogP contribution in [0.5, 0.6) is 0 Å². The molecule has 2 heterocycles. The lowest BCUT2D eigenvalue weighted by molar-refractivity contribution is -0.118. The van der Waals surface area contributed by atoms with Gasteiger partial charge in [0.15, 0.2) is 0 Å². The highest BCUT2D eigenvalue weighted by atomic mass is 16.2. The Morgan fingerprint density at radius 1 is 0.886 bits per heavy atom. The van der Waals surface area contributed by atoms with E-state index in [1.807, 2.05) is 77.4 Å². The first-order valence-corrected chi connectivity index (χ1v) is 12.7. The molecule has 2 unspecified atom stereocenters. The normalized spacial score (nSPS) is 19.4. The van der Waals surface area contributed by atoms with Crippen molar-refractivity contribution in [2.24, 2.45) is 0 Å². The summed E-state index contributed by atoms with van der Waals surface area (Å²) < 4.78 is 0. The number of para-hydroxylation sites is 2. The molecule has 0 saturated carbocycles. The molecule has 3 aromatic carbocycles. The van der Waals surface area contributed by atoms with Crippen molar-refractivity contribution < 1.29 is 9.59 Å². The van der Waals surface area contributed by atoms with E-state index in [9.17, 15) is 9.59 Å². The fourth-order valence-electron chi connectivity index (χ4n) is 5.52. The van der Waals surface area contributed by atoms with Gasteiger partial charge in [0, 0.05) is 48.2 Å². The maximum atomic E-state index is 13.8. The molecule has 180 valence electrons. The van der Waals surface area contributed by atoms with Crippen LogP contribution in [0.15, 0.2) is 78.9 Å². The molecule has 5 nitrogen and oxygen atoms in total. The minimum atomic E-state index is -0.127. The van der Waals surface area contributed by atoms with Crippen molar-refractivity contribution in [3.8, 4) is 0 Å². The summed E-state index contributed by atoms with van der Waals surface area (Å²) in [5.74, 6) is 0.0879. The third-order valence-corrected chi connectivity index (χ3v) is 7.28. The van der Waals surface area contributed by atoms with Gasteiger partial charge in [0.1, 0.15) is 0 Å². The molecule has 2 aliphatic rings. The fourth-order valence-corrected chi connectivity index (χ4v) is 5.52. The SMILES string of the molecule is CCC(=O)N(c1ccccc1)C1CC(C)N(C(=O)c2ccc(N3CCCC3)cc2)c2ccccc21. The van der Waals surface area contributed by atoms with Crippen molar-refractivity contribution in [3.63, 3.8) is 0 Å². The summed E-state index contributed by atoms with van der Waals surface area (Å²) >= 11 is 0. The number of hydrogen-bond acceptors (Lipinski definition) is 3. The lowest BCUT2D eigenvalue weighted by Gasteiger charge is -2.43. The number of rotatable bonds is 5. The van der Waals surface area contributed by atoms with Gasteiger partial charge in [-0.25, -0.2) is 0 Å². The summed E-state index contributed by atoms with van der Waals surface area (Å²) in [5, 5.41) is 0. The number of hydrogen-bond donors (Lipinski definition) is 0. The third-order valence-electron chi connectivity index (χ3n) is 7.28. The molecule has 2 atom stereocenters. The van der Waals surface area contributed by atoms with Crippen molar-refractivity contribution >= 4 is 28.9 Å². The highest BCUT2D eigenvalue weighted by Crippen LogP contribution is 2.43. The Labute approximate surface area is 208 Å². The van der Waals surface area contributed by atoms with Crippen LogP contribution < -0.4 is 14.7 Å². The molecule has 0 radical (unpaired) electrons. The van der Waals surface area contributed by atoms with Crippen molar-refractivity contribution in [1.29, 1.82) is 0 Å². The number of amides is 2. The van der Waals surface area contributed by atoms with Crippen LogP contribution in [-0.2, 0) is 4.79 Å². The number of benzene rings is 3. The molecular formula is C30H33N3O2. The van der Waals surface area contributed by atoms with E-state index in [4.69, 9.17) is 0 Å². The first kappa shape index (κ1) is 23.2. The van der Waals surface area contributed by atoms with Crippen LogP contribution in [0.3, 0.4) is 0 Å². The van der Waals surface area contributed by atoms with Crippen LogP contribution in [0.2, 0.25) is 0 Å². The van der Waals surface area contributed by atoms with Crippen LogP contribution in [-0.4, -0.2) is 30.9 Å². The predicted molar refractivity (Wildman–Crippen MR) is 142 cm³/mol. The molecule has 2 amide bonds. The van der Waals surface area contributed by atoms with Crippen LogP contribution in [0.25, 0.3) is 0 Å². The van der Waals surface area contributed by atoms with E-state index >= 15 is 0 Å². The summed E-state index contributed by atoms with van der Waals surface area (Å²) in [5.41, 5.74) is 4.66. The molecule has 0 N–H and O–H groups in total. The molecule has 3 aromatic rings. The molecule has 1 fully saturated rings. The van der Waals surface area contributed by atoms with Gasteiger partial charge >= 0.3 is 0 Å². The smallest absolute Gasteiger partial charge is 0.258 e. The van der Waals surface area contributed by atoms with Crippen LogP contribution in [0.4, 0.5) is 17.1 Å². The number of fused-ring (bicyclic) bond motifs is 1. The Kier molecular flexibility index (Phi) is 6.58. The molecule has 0 spiro atoms. The van der Waals surface area contributed by atoms with E-state index in [0.29, 0.717) is 18.4 Å². The summed E-state index contributed by atoms with van der Waals surface area (Å²) in [7, 11) is 0. The van der Waals surface area contributed by atoms with Crippen molar-refractivity contribution in [1.82, 2.24) is 0 Å². The zero-order valence-electron chi connectivity index (χ0n) is 20.6. The molecule has 1 saturated heterocycles. The van der Waals surface area contributed by atoms with E-state index in [1.54, 1.807) is 0 Å². The second-order valence-corrected chi connectivity index (χ2v) is 9.53. The van der Waals surface area contributed by atoms with Gasteiger partial charge in [-0.2, -0.15) is 0 Å². The van der Waals surface area contributed by atoms with E-state index in [2.05, 4.69) is 30.0 Å². The first-order valence-electron chi connectivity index (χ1n) is 12.7. The monoisotopic (exact) mass is 467 g/mol. The molecule has 5 rings (SSSR count). The van der Waals surface area contributed by atoms with Crippen molar-refractivity contribution in [2.75, 3.05) is 27.8 Å². The Bertz CT molecular complexity index is 1190. The highest BCUT2D eigenvalue weighted by Gasteiger charge is 2.38. The first-order chi connectivity index (χ1) is 17.1. The van der Waals surface area contributed by atoms with E-state index in [-0.39, 0.29) is 23.9 Å². The third kappa shape index (κ3) is 4.43. The standard InChI is InChI=1S/C30H33N3O2/c1-3-29(34)33(25-11-5-4-6-12-25)28-21-22(2)32(27-14-8-7-13-26(27)28)30(35)23-15-17-24(18-16-23)31-19-9-10-20-31/h4-8,11-18,22,28H,3,9-10,19-21H2,1-2H3. The number of anilines is 3. The Morgan fingerprint density at radius 2 is 1.54 bits per heavy atom. The van der Waals surface area contributed by atoms with Gasteiger partial charge in [-0.15, -0.1) is 0 Å². The van der Waals surface area contributed by atoms with Gasteiger partial charge in [-0.3, -0.25) is 9.59 Å². The maximum absolute atomic E-state index is 13.8. The summed E-state index contributed by atoms with van der Waals surface area (Å²) in [6.07, 6.45) is 3.55. The topological polar surface area (TPSA) is 43.9 Å². The molecule has 2 aliphatic heterocycles. The van der Waals surface area contributed by atoms with Crippen molar-refractivity contribution in [3.05, 3.63) is 90.0 Å². The van der Waals surface area contributed by atoms with Gasteiger partial charge in [0.2, 0.25) is 5.91 Å². The van der Waals surface area contributed by atoms with Crippen LogP contribution in [0, 0.1) is 0 Å². The molecule has 0 aromatic heterocycles. The second kappa shape index (κ2) is 9.95. The summed E-state index contributed by atoms with van der Waals surface area (Å²) in [4.78, 5) is 33.1. The Morgan fingerprint density at radius 3 is 2.23 bits per heavy atom. The van der Waals surface area contributed by atoms with Gasteiger partial charge in [-0.1, -0.05) is 43.3 Å². The minimum absolute atomic E-state index is 0.00412. The number of carbonyl (C=O) groups is 2. The number of nitrogens with zero attached hydrogens (tertiary/aromatic N) is 3. The largest absolute Gasteiger partial charge is 0.372 e.